The molecule has 0 saturated heterocycles. The van der Waals surface area contributed by atoms with E-state index in [1.54, 1.807) is 12.1 Å². The summed E-state index contributed by atoms with van der Waals surface area (Å²) in [6, 6.07) is 12.2. The molecular formula is C22H22ClFN4O. The predicted octanol–water partition coefficient (Wildman–Crippen LogP) is 4.77. The lowest BCUT2D eigenvalue weighted by Gasteiger charge is -2.29. The number of aromatic nitrogens is 3. The van der Waals surface area contributed by atoms with Crippen molar-refractivity contribution in [3.63, 3.8) is 0 Å². The molecule has 3 aromatic rings. The summed E-state index contributed by atoms with van der Waals surface area (Å²) < 4.78 is 21.3. The zero-order valence-corrected chi connectivity index (χ0v) is 16.7. The van der Waals surface area contributed by atoms with Crippen molar-refractivity contribution in [3.8, 4) is 11.4 Å². The summed E-state index contributed by atoms with van der Waals surface area (Å²) in [6.45, 7) is 1.44. The van der Waals surface area contributed by atoms with E-state index in [-0.39, 0.29) is 11.9 Å². The average Bonchev–Trinajstić information content (AvgIpc) is 3.06. The molecule has 29 heavy (non-hydrogen) atoms. The molecule has 0 unspecified atom stereocenters. The normalized spacial score (nSPS) is 21.2. The summed E-state index contributed by atoms with van der Waals surface area (Å²) in [5, 5.41) is 13.2. The maximum atomic E-state index is 13.1. The Morgan fingerprint density at radius 2 is 1.79 bits per heavy atom. The van der Waals surface area contributed by atoms with E-state index in [2.05, 4.69) is 26.1 Å². The Bertz CT molecular complexity index is 1010. The second-order valence-electron chi connectivity index (χ2n) is 7.73. The number of nitrogens with one attached hydrogen (secondary N) is 1. The summed E-state index contributed by atoms with van der Waals surface area (Å²) in [5.74, 6) is 2.77. The van der Waals surface area contributed by atoms with Crippen molar-refractivity contribution in [2.75, 3.05) is 0 Å². The molecule has 0 bridgehead atoms. The van der Waals surface area contributed by atoms with Gasteiger partial charge in [-0.15, -0.1) is 10.2 Å². The molecule has 0 amide bonds. The van der Waals surface area contributed by atoms with Gasteiger partial charge in [-0.25, -0.2) is 4.39 Å². The average molecular weight is 413 g/mol. The van der Waals surface area contributed by atoms with Crippen LogP contribution < -0.4 is 10.1 Å². The van der Waals surface area contributed by atoms with Gasteiger partial charge in [0.15, 0.2) is 5.82 Å². The van der Waals surface area contributed by atoms with Crippen LogP contribution in [0.25, 0.3) is 5.69 Å². The highest BCUT2D eigenvalue weighted by molar-refractivity contribution is 6.30. The lowest BCUT2D eigenvalue weighted by atomic mass is 9.86. The highest BCUT2D eigenvalue weighted by Gasteiger charge is 2.30. The SMILES string of the molecule is Fc1ccc(OC2CCC(c3nnc4n3-c3ccc(Cl)cc3CNC4)CC2)cc1. The maximum absolute atomic E-state index is 13.1. The van der Waals surface area contributed by atoms with Crippen molar-refractivity contribution in [3.05, 3.63) is 70.5 Å². The first-order valence-corrected chi connectivity index (χ1v) is 10.4. The second kappa shape index (κ2) is 7.76. The molecular weight excluding hydrogens is 391 g/mol. The first-order valence-electron chi connectivity index (χ1n) is 10.0. The van der Waals surface area contributed by atoms with E-state index in [9.17, 15) is 4.39 Å². The minimum atomic E-state index is -0.246. The minimum absolute atomic E-state index is 0.149. The van der Waals surface area contributed by atoms with Crippen LogP contribution in [0.2, 0.25) is 5.02 Å². The summed E-state index contributed by atoms with van der Waals surface area (Å²) >= 11 is 6.21. The van der Waals surface area contributed by atoms with Crippen molar-refractivity contribution in [1.29, 1.82) is 0 Å². The summed E-state index contributed by atoms with van der Waals surface area (Å²) in [7, 11) is 0. The molecule has 1 aromatic heterocycles. The first-order chi connectivity index (χ1) is 14.2. The van der Waals surface area contributed by atoms with Gasteiger partial charge in [-0.3, -0.25) is 4.57 Å². The molecule has 0 radical (unpaired) electrons. The van der Waals surface area contributed by atoms with Gasteiger partial charge in [-0.1, -0.05) is 11.6 Å². The molecule has 5 rings (SSSR count). The van der Waals surface area contributed by atoms with Gasteiger partial charge in [0.2, 0.25) is 0 Å². The summed E-state index contributed by atoms with van der Waals surface area (Å²) in [4.78, 5) is 0. The smallest absolute Gasteiger partial charge is 0.151 e. The van der Waals surface area contributed by atoms with E-state index in [0.717, 1.165) is 65.9 Å². The van der Waals surface area contributed by atoms with Gasteiger partial charge in [-0.05, 0) is 73.7 Å². The zero-order valence-electron chi connectivity index (χ0n) is 15.9. The van der Waals surface area contributed by atoms with Crippen LogP contribution in [0.3, 0.4) is 0 Å². The van der Waals surface area contributed by atoms with Gasteiger partial charge in [-0.2, -0.15) is 0 Å². The Kier molecular flexibility index (Phi) is 4.97. The monoisotopic (exact) mass is 412 g/mol. The number of halogens is 2. The van der Waals surface area contributed by atoms with Crippen molar-refractivity contribution in [2.24, 2.45) is 0 Å². The number of hydrogen-bond donors (Lipinski definition) is 1. The van der Waals surface area contributed by atoms with E-state index in [1.165, 1.54) is 12.1 Å². The quantitative estimate of drug-likeness (QED) is 0.673. The molecule has 2 heterocycles. The lowest BCUT2D eigenvalue weighted by molar-refractivity contribution is 0.144. The lowest BCUT2D eigenvalue weighted by Crippen LogP contribution is -2.25. The molecule has 7 heteroatoms. The highest BCUT2D eigenvalue weighted by atomic mass is 35.5. The molecule has 2 aliphatic rings. The first kappa shape index (κ1) is 18.6. The number of fused-ring (bicyclic) bond motifs is 3. The van der Waals surface area contributed by atoms with E-state index in [0.29, 0.717) is 12.5 Å². The molecule has 1 saturated carbocycles. The fourth-order valence-corrected chi connectivity index (χ4v) is 4.53. The van der Waals surface area contributed by atoms with Crippen LogP contribution in [0.5, 0.6) is 5.75 Å². The van der Waals surface area contributed by atoms with Gasteiger partial charge in [0.25, 0.3) is 0 Å². The molecule has 1 fully saturated rings. The van der Waals surface area contributed by atoms with E-state index in [4.69, 9.17) is 16.3 Å². The molecule has 0 atom stereocenters. The van der Waals surface area contributed by atoms with E-state index >= 15 is 0 Å². The fourth-order valence-electron chi connectivity index (χ4n) is 4.34. The Balaban J connectivity index is 1.34. The molecule has 0 spiro atoms. The van der Waals surface area contributed by atoms with Crippen LogP contribution in [0, 0.1) is 5.82 Å². The molecule has 2 aromatic carbocycles. The van der Waals surface area contributed by atoms with E-state index < -0.39 is 0 Å². The summed E-state index contributed by atoms with van der Waals surface area (Å²) in [5.41, 5.74) is 2.27. The van der Waals surface area contributed by atoms with Gasteiger partial charge in [0.1, 0.15) is 17.4 Å². The topological polar surface area (TPSA) is 52.0 Å². The number of ether oxygens (including phenoxy) is 1. The Morgan fingerprint density at radius 3 is 2.59 bits per heavy atom. The van der Waals surface area contributed by atoms with E-state index in [1.807, 2.05) is 12.1 Å². The van der Waals surface area contributed by atoms with Gasteiger partial charge >= 0.3 is 0 Å². The van der Waals surface area contributed by atoms with Gasteiger partial charge in [0.05, 0.1) is 18.3 Å². The Hall–Kier alpha value is -2.44. The number of nitrogens with zero attached hydrogens (tertiary/aromatic N) is 3. The van der Waals surface area contributed by atoms with Crippen LogP contribution >= 0.6 is 11.6 Å². The van der Waals surface area contributed by atoms with Gasteiger partial charge in [0, 0.05) is 17.5 Å². The summed E-state index contributed by atoms with van der Waals surface area (Å²) in [6.07, 6.45) is 4.00. The third kappa shape index (κ3) is 3.74. The third-order valence-corrected chi connectivity index (χ3v) is 6.03. The molecule has 5 nitrogen and oxygen atoms in total. The van der Waals surface area contributed by atoms with Crippen molar-refractivity contribution in [1.82, 2.24) is 20.1 Å². The largest absolute Gasteiger partial charge is 0.490 e. The van der Waals surface area contributed by atoms with Crippen LogP contribution in [-0.4, -0.2) is 20.9 Å². The van der Waals surface area contributed by atoms with Gasteiger partial charge < -0.3 is 10.1 Å². The molecule has 1 N–H and O–H groups in total. The van der Waals surface area contributed by atoms with Crippen LogP contribution in [0.4, 0.5) is 4.39 Å². The van der Waals surface area contributed by atoms with Crippen molar-refractivity contribution >= 4 is 11.6 Å². The predicted molar refractivity (Wildman–Crippen MR) is 109 cm³/mol. The minimum Gasteiger partial charge on any atom is -0.490 e. The van der Waals surface area contributed by atoms with Crippen molar-refractivity contribution in [2.45, 2.75) is 50.8 Å². The Morgan fingerprint density at radius 1 is 1.00 bits per heavy atom. The number of hydrogen-bond acceptors (Lipinski definition) is 4. The zero-order chi connectivity index (χ0) is 19.8. The fraction of sp³-hybridized carbons (Fsp3) is 0.364. The van der Waals surface area contributed by atoms with Crippen LogP contribution in [-0.2, 0) is 13.1 Å². The van der Waals surface area contributed by atoms with Crippen LogP contribution in [0.15, 0.2) is 42.5 Å². The highest BCUT2D eigenvalue weighted by Crippen LogP contribution is 2.36. The third-order valence-electron chi connectivity index (χ3n) is 5.79. The Labute approximate surface area is 173 Å². The van der Waals surface area contributed by atoms with Crippen LogP contribution in [0.1, 0.15) is 48.8 Å². The molecule has 150 valence electrons. The maximum Gasteiger partial charge on any atom is 0.151 e. The van der Waals surface area contributed by atoms with Crippen molar-refractivity contribution < 1.29 is 9.13 Å². The molecule has 1 aliphatic heterocycles. The molecule has 1 aliphatic carbocycles. The standard InChI is InChI=1S/C22H22ClFN4O/c23-16-3-10-20-15(11-16)12-25-13-21-26-27-22(28(20)21)14-1-6-18(7-2-14)29-19-8-4-17(24)5-9-19/h3-5,8-11,14,18,25H,1-2,6-7,12-13H2. The number of benzene rings is 2. The second-order valence-corrected chi connectivity index (χ2v) is 8.17. The number of rotatable bonds is 3.